The van der Waals surface area contributed by atoms with Crippen LogP contribution in [0.25, 0.3) is 0 Å². The van der Waals surface area contributed by atoms with Gasteiger partial charge in [-0.15, -0.1) is 6.58 Å². The Labute approximate surface area is 142 Å². The summed E-state index contributed by atoms with van der Waals surface area (Å²) in [6.07, 6.45) is 0.978. The highest BCUT2D eigenvalue weighted by molar-refractivity contribution is 6.18. The van der Waals surface area contributed by atoms with E-state index in [0.717, 1.165) is 0 Å². The third kappa shape index (κ3) is 4.37. The van der Waals surface area contributed by atoms with Gasteiger partial charge in [0.05, 0.1) is 13.2 Å². The number of amides is 1. The molecule has 0 aliphatic carbocycles. The highest BCUT2D eigenvalue weighted by Gasteiger charge is 2.51. The van der Waals surface area contributed by atoms with Gasteiger partial charge < -0.3 is 20.1 Å². The van der Waals surface area contributed by atoms with Crippen molar-refractivity contribution < 1.29 is 23.9 Å². The summed E-state index contributed by atoms with van der Waals surface area (Å²) in [5, 5.41) is 5.49. The van der Waals surface area contributed by atoms with Crippen molar-refractivity contribution in [1.82, 2.24) is 10.6 Å². The molecule has 0 aromatic carbocycles. The summed E-state index contributed by atoms with van der Waals surface area (Å²) in [4.78, 5) is 36.6. The lowest BCUT2D eigenvalue weighted by atomic mass is 9.89. The first-order valence-electron chi connectivity index (χ1n) is 7.85. The maximum Gasteiger partial charge on any atom is 0.407 e. The zero-order valence-electron chi connectivity index (χ0n) is 14.9. The van der Waals surface area contributed by atoms with Crippen molar-refractivity contribution in [2.24, 2.45) is 0 Å². The van der Waals surface area contributed by atoms with Gasteiger partial charge in [0.2, 0.25) is 5.54 Å². The van der Waals surface area contributed by atoms with E-state index in [1.165, 1.54) is 6.08 Å². The molecule has 0 spiro atoms. The lowest BCUT2D eigenvalue weighted by Gasteiger charge is -2.26. The highest BCUT2D eigenvalue weighted by atomic mass is 16.6. The summed E-state index contributed by atoms with van der Waals surface area (Å²) >= 11 is 0. The van der Waals surface area contributed by atoms with Crippen LogP contribution in [0.5, 0.6) is 0 Å². The van der Waals surface area contributed by atoms with Crippen molar-refractivity contribution >= 4 is 17.8 Å². The molecule has 0 unspecified atom stereocenters. The van der Waals surface area contributed by atoms with Crippen LogP contribution in [0.2, 0.25) is 0 Å². The summed E-state index contributed by atoms with van der Waals surface area (Å²) in [7, 11) is 0. The van der Waals surface area contributed by atoms with Crippen LogP contribution in [-0.2, 0) is 19.1 Å². The molecular formula is C17H26N2O5. The minimum atomic E-state index is -1.51. The van der Waals surface area contributed by atoms with Crippen LogP contribution in [-0.4, -0.2) is 42.1 Å². The van der Waals surface area contributed by atoms with Gasteiger partial charge in [-0.05, 0) is 34.6 Å². The fraction of sp³-hybridized carbons (Fsp3) is 0.588. The molecule has 7 nitrogen and oxygen atoms in total. The second-order valence-corrected chi connectivity index (χ2v) is 6.53. The number of esters is 1. The van der Waals surface area contributed by atoms with Gasteiger partial charge >= 0.3 is 12.1 Å². The van der Waals surface area contributed by atoms with Crippen molar-refractivity contribution in [2.45, 2.75) is 52.2 Å². The topological polar surface area (TPSA) is 93.7 Å². The monoisotopic (exact) mass is 338 g/mol. The van der Waals surface area contributed by atoms with Crippen LogP contribution in [0.15, 0.2) is 23.9 Å². The number of rotatable bonds is 6. The summed E-state index contributed by atoms with van der Waals surface area (Å²) in [5.41, 5.74) is -1.29. The fourth-order valence-electron chi connectivity index (χ4n) is 2.36. The molecule has 134 valence electrons. The molecule has 0 aromatic heterocycles. The quantitative estimate of drug-likeness (QED) is 0.436. The van der Waals surface area contributed by atoms with Gasteiger partial charge in [-0.2, -0.15) is 0 Å². The average Bonchev–Trinajstić information content (AvgIpc) is 2.70. The lowest BCUT2D eigenvalue weighted by molar-refractivity contribution is -0.153. The molecule has 0 bridgehead atoms. The average molecular weight is 338 g/mol. The Hall–Kier alpha value is -2.31. The van der Waals surface area contributed by atoms with Gasteiger partial charge in [0.15, 0.2) is 5.78 Å². The molecule has 1 atom stereocenters. The van der Waals surface area contributed by atoms with Crippen molar-refractivity contribution in [3.63, 3.8) is 0 Å². The van der Waals surface area contributed by atoms with E-state index in [-0.39, 0.29) is 25.4 Å². The predicted octanol–water partition coefficient (Wildman–Crippen LogP) is 1.84. The molecule has 0 saturated heterocycles. The summed E-state index contributed by atoms with van der Waals surface area (Å²) < 4.78 is 10.2. The van der Waals surface area contributed by atoms with E-state index in [0.29, 0.717) is 11.3 Å². The van der Waals surface area contributed by atoms with E-state index in [1.54, 1.807) is 34.6 Å². The second kappa shape index (κ2) is 7.51. The molecule has 0 fully saturated rings. The third-order valence-electron chi connectivity index (χ3n) is 3.43. The number of carbonyl (C=O) groups is 3. The number of hydrogen-bond donors (Lipinski definition) is 2. The van der Waals surface area contributed by atoms with Gasteiger partial charge in [-0.25, -0.2) is 9.59 Å². The maximum atomic E-state index is 12.6. The number of carbonyl (C=O) groups excluding carboxylic acids is 3. The zero-order valence-corrected chi connectivity index (χ0v) is 14.9. The van der Waals surface area contributed by atoms with Crippen LogP contribution in [0, 0.1) is 0 Å². The number of hydrogen-bond acceptors (Lipinski definition) is 6. The Kier molecular flexibility index (Phi) is 6.17. The van der Waals surface area contributed by atoms with E-state index < -0.39 is 23.2 Å². The van der Waals surface area contributed by atoms with Crippen molar-refractivity contribution in [1.29, 1.82) is 0 Å². The van der Waals surface area contributed by atoms with E-state index in [9.17, 15) is 14.4 Å². The lowest BCUT2D eigenvalue weighted by Crippen LogP contribution is -2.55. The van der Waals surface area contributed by atoms with Crippen LogP contribution >= 0.6 is 0 Å². The Morgan fingerprint density at radius 3 is 2.50 bits per heavy atom. The Balaban J connectivity index is 2.87. The van der Waals surface area contributed by atoms with Crippen LogP contribution < -0.4 is 10.6 Å². The van der Waals surface area contributed by atoms with Crippen LogP contribution in [0.4, 0.5) is 4.79 Å². The molecule has 0 radical (unpaired) electrons. The molecule has 0 saturated carbocycles. The minimum absolute atomic E-state index is 0.0464. The van der Waals surface area contributed by atoms with E-state index in [4.69, 9.17) is 9.47 Å². The predicted molar refractivity (Wildman–Crippen MR) is 89.3 cm³/mol. The standard InChI is InChI=1S/C17H26N2O5/c1-7-9-17(14(21)23-8-2)13(20)11(3)12(19-17)10-18-15(22)24-16(4,5)6/h7,19H,1,8-10H2,2-6H3,(H,18,22)/t17-/m1/s1. The highest BCUT2D eigenvalue weighted by Crippen LogP contribution is 2.28. The summed E-state index contributed by atoms with van der Waals surface area (Å²) in [6.45, 7) is 12.3. The first-order chi connectivity index (χ1) is 11.1. The molecule has 7 heteroatoms. The Morgan fingerprint density at radius 2 is 2.00 bits per heavy atom. The number of alkyl carbamates (subject to hydrolysis) is 1. The smallest absolute Gasteiger partial charge is 0.407 e. The number of Topliss-reactive ketones (excluding diaryl/α,β-unsaturated/α-hetero) is 1. The summed E-state index contributed by atoms with van der Waals surface area (Å²) in [5.74, 6) is -1.02. The fourth-order valence-corrected chi connectivity index (χ4v) is 2.36. The number of ether oxygens (including phenoxy) is 2. The molecular weight excluding hydrogens is 312 g/mol. The van der Waals surface area contributed by atoms with E-state index in [2.05, 4.69) is 17.2 Å². The molecule has 1 aliphatic rings. The van der Waals surface area contributed by atoms with Gasteiger partial charge in [0.1, 0.15) is 5.60 Å². The van der Waals surface area contributed by atoms with Crippen LogP contribution in [0.1, 0.15) is 41.0 Å². The van der Waals surface area contributed by atoms with E-state index >= 15 is 0 Å². The maximum absolute atomic E-state index is 12.6. The van der Waals surface area contributed by atoms with Crippen molar-refractivity contribution in [3.8, 4) is 0 Å². The van der Waals surface area contributed by atoms with Gasteiger partial charge in [-0.1, -0.05) is 6.08 Å². The molecule has 0 aromatic rings. The molecule has 2 N–H and O–H groups in total. The van der Waals surface area contributed by atoms with Crippen molar-refractivity contribution in [3.05, 3.63) is 23.9 Å². The molecule has 1 amide bonds. The molecule has 1 heterocycles. The molecule has 24 heavy (non-hydrogen) atoms. The van der Waals surface area contributed by atoms with Gasteiger partial charge in [0.25, 0.3) is 0 Å². The second-order valence-electron chi connectivity index (χ2n) is 6.53. The first kappa shape index (κ1) is 19.7. The van der Waals surface area contributed by atoms with E-state index in [1.807, 2.05) is 0 Å². The molecule has 1 aliphatic heterocycles. The van der Waals surface area contributed by atoms with Gasteiger partial charge in [0, 0.05) is 17.7 Å². The number of ketones is 1. The Morgan fingerprint density at radius 1 is 1.38 bits per heavy atom. The largest absolute Gasteiger partial charge is 0.464 e. The minimum Gasteiger partial charge on any atom is -0.464 e. The van der Waals surface area contributed by atoms with Crippen LogP contribution in [0.3, 0.4) is 0 Å². The SMILES string of the molecule is C=CC[C@@]1(C(=O)OCC)NC(CNC(=O)OC(C)(C)C)=C(C)C1=O. The number of nitrogens with one attached hydrogen (secondary N) is 2. The van der Waals surface area contributed by atoms with Gasteiger partial charge in [-0.3, -0.25) is 4.79 Å². The first-order valence-corrected chi connectivity index (χ1v) is 7.85. The normalized spacial score (nSPS) is 20.5. The Bertz CT molecular complexity index is 574. The van der Waals surface area contributed by atoms with Crippen molar-refractivity contribution in [2.75, 3.05) is 13.2 Å². The zero-order chi connectivity index (χ0) is 18.5. The summed E-state index contributed by atoms with van der Waals surface area (Å²) in [6, 6.07) is 0. The third-order valence-corrected chi connectivity index (χ3v) is 3.43. The molecule has 1 rings (SSSR count).